The molecule has 2 aliphatic heterocycles. The predicted octanol–water partition coefficient (Wildman–Crippen LogP) is 7.16. The van der Waals surface area contributed by atoms with Crippen LogP contribution in [-0.4, -0.2) is 9.85 Å². The molecule has 0 radical (unpaired) electrons. The fourth-order valence-corrected chi connectivity index (χ4v) is 8.14. The van der Waals surface area contributed by atoms with Gasteiger partial charge in [-0.2, -0.15) is 0 Å². The molecule has 1 aromatic heterocycles. The van der Waals surface area contributed by atoms with Crippen LogP contribution in [0, 0.1) is 0 Å². The highest BCUT2D eigenvalue weighted by molar-refractivity contribution is 8.88. The molecule has 1 unspecified atom stereocenters. The summed E-state index contributed by atoms with van der Waals surface area (Å²) in [5.41, 5.74) is 6.00. The Hall–Kier alpha value is -3.08. The standard InChI is InChI=1S/C26H18N2S2/c1-3-9-19(10-4-1)23-18-28(22-15-21-13-7-8-14-24(21)27-17-22)30-26(23)16-25(29-30)20-11-5-2-6-12-20/h1-18H. The van der Waals surface area contributed by atoms with Crippen molar-refractivity contribution in [2.45, 2.75) is 0 Å². The zero-order valence-electron chi connectivity index (χ0n) is 16.1. The van der Waals surface area contributed by atoms with Gasteiger partial charge in [0.05, 0.1) is 17.4 Å². The van der Waals surface area contributed by atoms with Crippen molar-refractivity contribution in [3.05, 3.63) is 121 Å². The number of anilines is 1. The van der Waals surface area contributed by atoms with Crippen molar-refractivity contribution in [3.63, 3.8) is 0 Å². The van der Waals surface area contributed by atoms with E-state index in [-0.39, 0.29) is 9.70 Å². The molecular formula is C26H18N2S2. The number of fused-ring (bicyclic) bond motifs is 1. The topological polar surface area (TPSA) is 16.1 Å². The SMILES string of the molecule is C1=C(c2ccccc2)SS2=C1C(c1ccccc1)=CN2c1cnc2ccccc2c1. The maximum Gasteiger partial charge on any atom is 0.0711 e. The zero-order valence-corrected chi connectivity index (χ0v) is 17.7. The largest absolute Gasteiger partial charge is 0.286 e. The zero-order chi connectivity index (χ0) is 19.9. The Balaban J connectivity index is 1.47. The Morgan fingerprint density at radius 3 is 2.27 bits per heavy atom. The van der Waals surface area contributed by atoms with E-state index in [1.807, 2.05) is 23.1 Å². The van der Waals surface area contributed by atoms with Crippen LogP contribution in [0.25, 0.3) is 21.4 Å². The molecule has 4 aromatic rings. The molecule has 0 spiro atoms. The third-order valence-corrected chi connectivity index (χ3v) is 9.39. The van der Waals surface area contributed by atoms with E-state index in [0.717, 1.165) is 11.2 Å². The minimum absolute atomic E-state index is 0.119. The molecule has 2 nitrogen and oxygen atoms in total. The third-order valence-electron chi connectivity index (χ3n) is 5.28. The Morgan fingerprint density at radius 2 is 1.47 bits per heavy atom. The second-order valence-corrected chi connectivity index (χ2v) is 10.6. The lowest BCUT2D eigenvalue weighted by Crippen LogP contribution is -2.04. The Bertz CT molecular complexity index is 1360. The van der Waals surface area contributed by atoms with Gasteiger partial charge in [0.15, 0.2) is 0 Å². The van der Waals surface area contributed by atoms with Crippen molar-refractivity contribution in [3.8, 4) is 0 Å². The summed E-state index contributed by atoms with van der Waals surface area (Å²) in [5.74, 6) is 0. The van der Waals surface area contributed by atoms with Gasteiger partial charge < -0.3 is 0 Å². The molecule has 3 heterocycles. The van der Waals surface area contributed by atoms with E-state index in [9.17, 15) is 0 Å². The minimum atomic E-state index is -0.119. The monoisotopic (exact) mass is 422 g/mol. The van der Waals surface area contributed by atoms with Crippen LogP contribution in [0.1, 0.15) is 11.1 Å². The Labute approximate surface area is 182 Å². The number of aromatic nitrogens is 1. The quantitative estimate of drug-likeness (QED) is 0.257. The van der Waals surface area contributed by atoms with Gasteiger partial charge in [0, 0.05) is 26.9 Å². The van der Waals surface area contributed by atoms with Crippen molar-refractivity contribution in [2.24, 2.45) is 0 Å². The molecule has 0 amide bonds. The van der Waals surface area contributed by atoms with Crippen LogP contribution in [0.15, 0.2) is 109 Å². The van der Waals surface area contributed by atoms with E-state index >= 15 is 0 Å². The summed E-state index contributed by atoms with van der Waals surface area (Å²) < 4.78 is 2.40. The number of allylic oxidation sites excluding steroid dienone is 2. The number of hydrogen-bond donors (Lipinski definition) is 0. The van der Waals surface area contributed by atoms with E-state index in [0.29, 0.717) is 0 Å². The highest BCUT2D eigenvalue weighted by Gasteiger charge is 2.30. The summed E-state index contributed by atoms with van der Waals surface area (Å²) in [6.45, 7) is 0. The van der Waals surface area contributed by atoms with Gasteiger partial charge in [0.25, 0.3) is 0 Å². The summed E-state index contributed by atoms with van der Waals surface area (Å²) >= 11 is 0. The highest BCUT2D eigenvalue weighted by Crippen LogP contribution is 2.57. The first-order valence-electron chi connectivity index (χ1n) is 9.85. The van der Waals surface area contributed by atoms with Crippen LogP contribution in [-0.2, 0) is 0 Å². The first-order chi connectivity index (χ1) is 14.9. The number of rotatable bonds is 3. The van der Waals surface area contributed by atoms with Crippen molar-refractivity contribution in [1.82, 2.24) is 4.98 Å². The fraction of sp³-hybridized carbons (Fsp3) is 0. The molecule has 6 rings (SSSR count). The smallest absolute Gasteiger partial charge is 0.0711 e. The summed E-state index contributed by atoms with van der Waals surface area (Å²) in [4.78, 5) is 7.43. The molecule has 0 fully saturated rings. The minimum Gasteiger partial charge on any atom is -0.286 e. The van der Waals surface area contributed by atoms with Crippen LogP contribution in [0.2, 0.25) is 0 Å². The van der Waals surface area contributed by atoms with E-state index in [4.69, 9.17) is 4.98 Å². The molecule has 0 saturated carbocycles. The summed E-state index contributed by atoms with van der Waals surface area (Å²) in [6, 6.07) is 31.9. The molecular weight excluding hydrogens is 404 g/mol. The third kappa shape index (κ3) is 3.00. The van der Waals surface area contributed by atoms with Gasteiger partial charge >= 0.3 is 0 Å². The van der Waals surface area contributed by atoms with Gasteiger partial charge in [-0.05, 0) is 49.8 Å². The van der Waals surface area contributed by atoms with Gasteiger partial charge in [-0.1, -0.05) is 78.9 Å². The average molecular weight is 423 g/mol. The molecule has 0 N–H and O–H groups in total. The number of nitrogens with zero attached hydrogens (tertiary/aromatic N) is 2. The van der Waals surface area contributed by atoms with E-state index < -0.39 is 0 Å². The van der Waals surface area contributed by atoms with Crippen LogP contribution in [0.4, 0.5) is 5.69 Å². The van der Waals surface area contributed by atoms with Gasteiger partial charge in [-0.25, -0.2) is 0 Å². The normalized spacial score (nSPS) is 17.8. The lowest BCUT2D eigenvalue weighted by Gasteiger charge is -2.20. The van der Waals surface area contributed by atoms with Crippen molar-refractivity contribution >= 4 is 52.4 Å². The van der Waals surface area contributed by atoms with Gasteiger partial charge in [0.2, 0.25) is 0 Å². The fourth-order valence-electron chi connectivity index (χ4n) is 3.79. The van der Waals surface area contributed by atoms with Crippen LogP contribution in [0.5, 0.6) is 0 Å². The van der Waals surface area contributed by atoms with Crippen LogP contribution >= 0.6 is 20.5 Å². The average Bonchev–Trinajstić information content (AvgIpc) is 3.40. The predicted molar refractivity (Wildman–Crippen MR) is 133 cm³/mol. The lowest BCUT2D eigenvalue weighted by molar-refractivity contribution is 1.36. The summed E-state index contributed by atoms with van der Waals surface area (Å²) in [7, 11) is 1.82. The molecule has 2 aliphatic rings. The maximum absolute atomic E-state index is 4.71. The van der Waals surface area contributed by atoms with E-state index in [2.05, 4.69) is 102 Å². The van der Waals surface area contributed by atoms with Gasteiger partial charge in [-0.15, -0.1) is 0 Å². The first kappa shape index (κ1) is 17.8. The maximum atomic E-state index is 4.71. The number of pyridine rings is 1. The summed E-state index contributed by atoms with van der Waals surface area (Å²) in [5, 5.41) is 1.17. The van der Waals surface area contributed by atoms with Crippen LogP contribution < -0.4 is 4.31 Å². The molecule has 0 bridgehead atoms. The van der Waals surface area contributed by atoms with Gasteiger partial charge in [-0.3, -0.25) is 9.29 Å². The molecule has 30 heavy (non-hydrogen) atoms. The van der Waals surface area contributed by atoms with Crippen molar-refractivity contribution < 1.29 is 0 Å². The second kappa shape index (κ2) is 7.31. The molecule has 3 aromatic carbocycles. The number of benzene rings is 3. The lowest BCUT2D eigenvalue weighted by atomic mass is 10.0. The van der Waals surface area contributed by atoms with Crippen LogP contribution in [0.3, 0.4) is 0 Å². The molecule has 1 atom stereocenters. The summed E-state index contributed by atoms with van der Waals surface area (Å²) in [6.07, 6.45) is 6.67. The van der Waals surface area contributed by atoms with Crippen molar-refractivity contribution in [1.29, 1.82) is 0 Å². The van der Waals surface area contributed by atoms with E-state index in [1.165, 1.54) is 31.9 Å². The highest BCUT2D eigenvalue weighted by atomic mass is 33.1. The Kier molecular flexibility index (Phi) is 4.33. The number of para-hydroxylation sites is 1. The van der Waals surface area contributed by atoms with Gasteiger partial charge in [0.1, 0.15) is 0 Å². The second-order valence-electron chi connectivity index (χ2n) is 7.19. The molecule has 4 heteroatoms. The van der Waals surface area contributed by atoms with Crippen molar-refractivity contribution in [2.75, 3.05) is 4.31 Å². The van der Waals surface area contributed by atoms with E-state index in [1.54, 1.807) is 0 Å². The number of hydrogen-bond acceptors (Lipinski definition) is 3. The first-order valence-corrected chi connectivity index (χ1v) is 12.4. The molecule has 144 valence electrons. The Morgan fingerprint density at radius 1 is 0.767 bits per heavy atom. The molecule has 0 aliphatic carbocycles. The molecule has 0 saturated heterocycles.